The van der Waals surface area contributed by atoms with E-state index in [1.807, 2.05) is 0 Å². The lowest BCUT2D eigenvalue weighted by Crippen LogP contribution is -2.47. The number of urea groups is 1. The van der Waals surface area contributed by atoms with Crippen molar-refractivity contribution >= 4 is 17.8 Å². The number of hydrogen-bond donors (Lipinski definition) is 3. The number of carbonyl (C=O) groups excluding carboxylic acids is 2. The number of nitrogens with two attached hydrogens (primary N) is 1. The average Bonchev–Trinajstić information content (AvgIpc) is 2.72. The van der Waals surface area contributed by atoms with E-state index >= 15 is 0 Å². The molecule has 112 valence electrons. The number of nitrogens with zero attached hydrogens (tertiary/aromatic N) is 3. The van der Waals surface area contributed by atoms with Gasteiger partial charge in [0.1, 0.15) is 11.9 Å². The first kappa shape index (κ1) is 13.8. The molecule has 1 aromatic heterocycles. The molecule has 3 heterocycles. The molecule has 8 nitrogen and oxygen atoms in total. The van der Waals surface area contributed by atoms with Gasteiger partial charge in [0.25, 0.3) is 0 Å². The molecule has 1 aromatic rings. The van der Waals surface area contributed by atoms with Crippen LogP contribution in [0, 0.1) is 0 Å². The number of hydroxylamine groups is 2. The van der Waals surface area contributed by atoms with Crippen molar-refractivity contribution in [3.05, 3.63) is 23.9 Å². The highest BCUT2D eigenvalue weighted by atomic mass is 16.5. The summed E-state index contributed by atoms with van der Waals surface area (Å²) in [7, 11) is 0. The molecule has 3 rings (SSSR count). The molecule has 0 aliphatic carbocycles. The van der Waals surface area contributed by atoms with Gasteiger partial charge in [0.15, 0.2) is 0 Å². The molecule has 2 bridgehead atoms. The summed E-state index contributed by atoms with van der Waals surface area (Å²) < 4.78 is 0. The Morgan fingerprint density at radius 1 is 1.52 bits per heavy atom. The Kier molecular flexibility index (Phi) is 3.48. The topological polar surface area (TPSA) is 112 Å². The Morgan fingerprint density at radius 3 is 3.10 bits per heavy atom. The summed E-state index contributed by atoms with van der Waals surface area (Å²) in [6, 6.07) is 2.18. The average molecular weight is 291 g/mol. The van der Waals surface area contributed by atoms with Crippen LogP contribution in [0.5, 0.6) is 0 Å². The highest BCUT2D eigenvalue weighted by Crippen LogP contribution is 2.28. The molecule has 4 N–H and O–H groups in total. The smallest absolute Gasteiger partial charge is 0.326 e. The van der Waals surface area contributed by atoms with Crippen LogP contribution in [0.4, 0.5) is 10.6 Å². The predicted octanol–water partition coefficient (Wildman–Crippen LogP) is 0.137. The van der Waals surface area contributed by atoms with Crippen LogP contribution in [0.2, 0.25) is 0 Å². The van der Waals surface area contributed by atoms with Gasteiger partial charge in [-0.1, -0.05) is 0 Å². The summed E-state index contributed by atoms with van der Waals surface area (Å²) in [5.74, 6) is 0.122. The Labute approximate surface area is 121 Å². The molecule has 2 atom stereocenters. The van der Waals surface area contributed by atoms with Gasteiger partial charge in [-0.05, 0) is 30.5 Å². The largest absolute Gasteiger partial charge is 0.344 e. The number of hydrogen-bond acceptors (Lipinski definition) is 5. The maximum absolute atomic E-state index is 12.3. The lowest BCUT2D eigenvalue weighted by atomic mass is 10.0. The van der Waals surface area contributed by atoms with Crippen molar-refractivity contribution in [1.29, 1.82) is 0 Å². The second kappa shape index (κ2) is 5.30. The van der Waals surface area contributed by atoms with E-state index in [0.717, 1.165) is 10.6 Å². The standard InChI is InChI=1S/C13H17N5O3/c14-6-8-3-4-15-11(5-8)16-12(19)10-2-1-9-7-17(10)13(20)18(9)21/h3-5,9-10,21H,1-2,6-7,14H2,(H,15,16,19)/t9-,10+/m1/s1. The van der Waals surface area contributed by atoms with Crippen LogP contribution in [-0.4, -0.2) is 50.7 Å². The molecule has 3 amide bonds. The fourth-order valence-electron chi connectivity index (χ4n) is 2.80. The Morgan fingerprint density at radius 2 is 2.33 bits per heavy atom. The number of pyridine rings is 1. The van der Waals surface area contributed by atoms with Crippen LogP contribution in [0.1, 0.15) is 18.4 Å². The van der Waals surface area contributed by atoms with Gasteiger partial charge in [0.05, 0.1) is 6.04 Å². The molecule has 8 heteroatoms. The normalized spacial score (nSPS) is 24.4. The van der Waals surface area contributed by atoms with Crippen molar-refractivity contribution in [2.75, 3.05) is 11.9 Å². The van der Waals surface area contributed by atoms with Gasteiger partial charge in [-0.25, -0.2) is 14.8 Å². The van der Waals surface area contributed by atoms with Crippen molar-refractivity contribution in [2.24, 2.45) is 5.73 Å². The molecular weight excluding hydrogens is 274 g/mol. The van der Waals surface area contributed by atoms with Crippen LogP contribution in [0.3, 0.4) is 0 Å². The van der Waals surface area contributed by atoms with Gasteiger partial charge >= 0.3 is 6.03 Å². The molecule has 2 aliphatic rings. The molecule has 0 unspecified atom stereocenters. The number of fused-ring (bicyclic) bond motifs is 2. The van der Waals surface area contributed by atoms with E-state index in [1.165, 1.54) is 4.90 Å². The van der Waals surface area contributed by atoms with Crippen molar-refractivity contribution in [3.63, 3.8) is 0 Å². The van der Waals surface area contributed by atoms with Gasteiger partial charge in [-0.15, -0.1) is 0 Å². The predicted molar refractivity (Wildman–Crippen MR) is 73.3 cm³/mol. The Bertz CT molecular complexity index is 579. The molecule has 2 saturated heterocycles. The number of piperidine rings is 1. The zero-order valence-corrected chi connectivity index (χ0v) is 11.4. The third kappa shape index (κ3) is 2.43. The molecule has 21 heavy (non-hydrogen) atoms. The number of nitrogens with one attached hydrogen (secondary N) is 1. The van der Waals surface area contributed by atoms with E-state index in [-0.39, 0.29) is 11.9 Å². The number of carbonyl (C=O) groups is 2. The summed E-state index contributed by atoms with van der Waals surface area (Å²) >= 11 is 0. The van der Waals surface area contributed by atoms with Crippen molar-refractivity contribution < 1.29 is 14.8 Å². The minimum atomic E-state index is -0.575. The first-order valence-corrected chi connectivity index (χ1v) is 6.84. The second-order valence-corrected chi connectivity index (χ2v) is 5.27. The Hall–Kier alpha value is -2.19. The Balaban J connectivity index is 1.72. The number of anilines is 1. The second-order valence-electron chi connectivity index (χ2n) is 5.27. The van der Waals surface area contributed by atoms with E-state index in [1.54, 1.807) is 18.3 Å². The monoisotopic (exact) mass is 291 g/mol. The number of rotatable bonds is 3. The molecule has 2 fully saturated rings. The maximum atomic E-state index is 12.3. The minimum absolute atomic E-state index is 0.208. The van der Waals surface area contributed by atoms with E-state index in [0.29, 0.717) is 31.7 Å². The minimum Gasteiger partial charge on any atom is -0.326 e. The summed E-state index contributed by atoms with van der Waals surface area (Å²) in [6.45, 7) is 0.740. The third-order valence-electron chi connectivity index (χ3n) is 3.96. The van der Waals surface area contributed by atoms with Crippen LogP contribution in [0.15, 0.2) is 18.3 Å². The highest BCUT2D eigenvalue weighted by Gasteiger charge is 2.46. The number of aromatic nitrogens is 1. The van der Waals surface area contributed by atoms with E-state index in [2.05, 4.69) is 10.3 Å². The van der Waals surface area contributed by atoms with Crippen molar-refractivity contribution in [2.45, 2.75) is 31.5 Å². The maximum Gasteiger partial charge on any atom is 0.344 e. The summed E-state index contributed by atoms with van der Waals surface area (Å²) in [4.78, 5) is 29.6. The fourth-order valence-corrected chi connectivity index (χ4v) is 2.80. The lowest BCUT2D eigenvalue weighted by Gasteiger charge is -2.29. The van der Waals surface area contributed by atoms with Gasteiger partial charge in [0.2, 0.25) is 5.91 Å². The van der Waals surface area contributed by atoms with Crippen molar-refractivity contribution in [3.8, 4) is 0 Å². The van der Waals surface area contributed by atoms with E-state index in [4.69, 9.17) is 5.73 Å². The van der Waals surface area contributed by atoms with Gasteiger partial charge in [-0.2, -0.15) is 0 Å². The van der Waals surface area contributed by atoms with Gasteiger partial charge < -0.3 is 16.0 Å². The fraction of sp³-hybridized carbons (Fsp3) is 0.462. The van der Waals surface area contributed by atoms with Crippen LogP contribution < -0.4 is 11.1 Å². The molecule has 0 saturated carbocycles. The van der Waals surface area contributed by atoms with E-state index < -0.39 is 12.1 Å². The summed E-state index contributed by atoms with van der Waals surface area (Å²) in [5.41, 5.74) is 6.41. The van der Waals surface area contributed by atoms with Crippen LogP contribution in [-0.2, 0) is 11.3 Å². The lowest BCUT2D eigenvalue weighted by molar-refractivity contribution is -0.120. The van der Waals surface area contributed by atoms with Gasteiger partial charge in [-0.3, -0.25) is 10.0 Å². The summed E-state index contributed by atoms with van der Waals surface area (Å²) in [6.07, 6.45) is 2.70. The quantitative estimate of drug-likeness (QED) is 0.686. The highest BCUT2D eigenvalue weighted by molar-refractivity contribution is 5.97. The van der Waals surface area contributed by atoms with Crippen LogP contribution >= 0.6 is 0 Å². The zero-order valence-electron chi connectivity index (χ0n) is 11.4. The van der Waals surface area contributed by atoms with E-state index in [9.17, 15) is 14.8 Å². The zero-order chi connectivity index (χ0) is 15.0. The summed E-state index contributed by atoms with van der Waals surface area (Å²) in [5, 5.41) is 13.0. The van der Waals surface area contributed by atoms with Crippen molar-refractivity contribution in [1.82, 2.24) is 14.9 Å². The first-order valence-electron chi connectivity index (χ1n) is 6.84. The molecular formula is C13H17N5O3. The first-order chi connectivity index (χ1) is 10.1. The molecule has 0 radical (unpaired) electrons. The molecule has 2 aliphatic heterocycles. The molecule has 0 aromatic carbocycles. The SMILES string of the molecule is NCc1ccnc(NC(=O)[C@@H]2CC[C@@H]3CN2C(=O)N3O)c1. The third-order valence-corrected chi connectivity index (χ3v) is 3.96. The number of amides is 3. The van der Waals surface area contributed by atoms with Crippen LogP contribution in [0.25, 0.3) is 0 Å². The molecule has 0 spiro atoms. The van der Waals surface area contributed by atoms with Gasteiger partial charge in [0, 0.05) is 19.3 Å².